The highest BCUT2D eigenvalue weighted by molar-refractivity contribution is 9.10. The van der Waals surface area contributed by atoms with Crippen LogP contribution in [0.15, 0.2) is 106 Å². The molecule has 0 radical (unpaired) electrons. The van der Waals surface area contributed by atoms with E-state index in [1.165, 1.54) is 11.8 Å². The zero-order valence-electron chi connectivity index (χ0n) is 26.8. The van der Waals surface area contributed by atoms with E-state index >= 15 is 0 Å². The number of anilines is 2. The number of rotatable bonds is 12. The van der Waals surface area contributed by atoms with E-state index in [1.807, 2.05) is 92.7 Å². The summed E-state index contributed by atoms with van der Waals surface area (Å²) in [4.78, 5) is 19.0. The molecule has 1 atom stereocenters. The maximum atomic E-state index is 14.3. The van der Waals surface area contributed by atoms with Crippen molar-refractivity contribution in [1.29, 1.82) is 0 Å². The second-order valence-electron chi connectivity index (χ2n) is 10.9. The number of nitrogens with one attached hydrogen (secondary N) is 2. The van der Waals surface area contributed by atoms with Gasteiger partial charge in [0, 0.05) is 27.1 Å². The minimum Gasteiger partial charge on any atom is -0.493 e. The Bertz CT molecular complexity index is 2040. The van der Waals surface area contributed by atoms with Crippen LogP contribution in [0.4, 0.5) is 11.6 Å². The third kappa shape index (κ3) is 7.70. The topological polar surface area (TPSA) is 99.5 Å². The van der Waals surface area contributed by atoms with E-state index < -0.39 is 6.04 Å². The molecule has 49 heavy (non-hydrogen) atoms. The Morgan fingerprint density at radius 2 is 1.67 bits per heavy atom. The normalized spacial score (nSPS) is 13.8. The molecule has 5 aromatic rings. The highest BCUT2D eigenvalue weighted by Gasteiger charge is 2.36. The Kier molecular flexibility index (Phi) is 11.0. The van der Waals surface area contributed by atoms with Gasteiger partial charge in [0.1, 0.15) is 18.4 Å². The maximum absolute atomic E-state index is 14.3. The number of hydrogen-bond donors (Lipinski definition) is 2. The molecule has 1 aliphatic rings. The summed E-state index contributed by atoms with van der Waals surface area (Å²) >= 11 is 18.0. The number of fused-ring (bicyclic) bond motifs is 1. The Labute approximate surface area is 307 Å². The smallest absolute Gasteiger partial charge is 0.255 e. The van der Waals surface area contributed by atoms with E-state index in [4.69, 9.17) is 47.5 Å². The molecule has 6 rings (SSSR count). The molecule has 252 valence electrons. The Morgan fingerprint density at radius 3 is 2.39 bits per heavy atom. The molecule has 0 spiro atoms. The fourth-order valence-electron chi connectivity index (χ4n) is 5.40. The molecule has 9 nitrogen and oxygen atoms in total. The molecule has 2 heterocycles. The van der Waals surface area contributed by atoms with Crippen molar-refractivity contribution in [1.82, 2.24) is 14.8 Å². The fraction of sp³-hybridized carbons (Fsp3) is 0.194. The van der Waals surface area contributed by atoms with Crippen LogP contribution in [0.2, 0.25) is 10.0 Å². The molecule has 0 saturated carbocycles. The fourth-order valence-corrected chi connectivity index (χ4v) is 7.28. The molecule has 4 aromatic carbocycles. The van der Waals surface area contributed by atoms with E-state index in [0.29, 0.717) is 77.8 Å². The quantitative estimate of drug-likeness (QED) is 0.121. The summed E-state index contributed by atoms with van der Waals surface area (Å²) in [7, 11) is 1.57. The van der Waals surface area contributed by atoms with E-state index in [2.05, 4.69) is 26.6 Å². The van der Waals surface area contributed by atoms with Crippen LogP contribution in [-0.4, -0.2) is 34.4 Å². The summed E-state index contributed by atoms with van der Waals surface area (Å²) in [5, 5.41) is 13.1. The van der Waals surface area contributed by atoms with Gasteiger partial charge in [-0.25, -0.2) is 4.68 Å². The van der Waals surface area contributed by atoms with Crippen LogP contribution in [0.1, 0.15) is 36.6 Å². The number of carbonyl (C=O) groups is 1. The molecule has 13 heteroatoms. The first-order valence-corrected chi connectivity index (χ1v) is 17.9. The second-order valence-corrected chi connectivity index (χ2v) is 13.5. The van der Waals surface area contributed by atoms with Crippen LogP contribution in [0.3, 0.4) is 0 Å². The zero-order valence-corrected chi connectivity index (χ0v) is 30.7. The predicted octanol–water partition coefficient (Wildman–Crippen LogP) is 9.55. The van der Waals surface area contributed by atoms with E-state index in [0.717, 1.165) is 11.1 Å². The molecule has 0 bridgehead atoms. The number of halogens is 3. The summed E-state index contributed by atoms with van der Waals surface area (Å²) < 4.78 is 20.2. The maximum Gasteiger partial charge on any atom is 0.255 e. The third-order valence-electron chi connectivity index (χ3n) is 7.72. The standard InChI is InChI=1S/C36H32BrCl2N5O4S/c1-4-47-29-16-10-9-15-28(29)41-34(45)31-21(2)40-35-42-36(49-20-23-12-6-8-14-27(23)39)43-44(35)32(31)24-17-25(37)33(30(18-24)46-3)48-19-22-11-5-7-13-26(22)38/h5-18,32H,4,19-20H2,1-3H3,(H,41,45)(H,40,42,43). The lowest BCUT2D eigenvalue weighted by molar-refractivity contribution is -0.113. The van der Waals surface area contributed by atoms with Crippen molar-refractivity contribution >= 4 is 68.4 Å². The number of amides is 1. The van der Waals surface area contributed by atoms with E-state index in [-0.39, 0.29) is 12.5 Å². The molecular formula is C36H32BrCl2N5O4S. The van der Waals surface area contributed by atoms with E-state index in [1.54, 1.807) is 17.9 Å². The first-order chi connectivity index (χ1) is 23.8. The summed E-state index contributed by atoms with van der Waals surface area (Å²) in [6.07, 6.45) is 0. The molecular weight excluding hydrogens is 749 g/mol. The van der Waals surface area contributed by atoms with Crippen molar-refractivity contribution < 1.29 is 19.0 Å². The lowest BCUT2D eigenvalue weighted by Crippen LogP contribution is -2.31. The zero-order chi connectivity index (χ0) is 34.5. The molecule has 0 aliphatic carbocycles. The van der Waals surface area contributed by atoms with Gasteiger partial charge in [-0.05, 0) is 77.3 Å². The number of methoxy groups -OCH3 is 1. The number of aromatic nitrogens is 3. The largest absolute Gasteiger partial charge is 0.493 e. The van der Waals surface area contributed by atoms with Crippen molar-refractivity contribution in [3.05, 3.63) is 127 Å². The van der Waals surface area contributed by atoms with Crippen molar-refractivity contribution in [3.8, 4) is 17.2 Å². The average molecular weight is 782 g/mol. The van der Waals surface area contributed by atoms with Gasteiger partial charge in [0.05, 0.1) is 29.4 Å². The Hall–Kier alpha value is -4.16. The molecule has 0 saturated heterocycles. The summed E-state index contributed by atoms with van der Waals surface area (Å²) in [6.45, 7) is 4.42. The molecule has 1 unspecified atom stereocenters. The molecule has 2 N–H and O–H groups in total. The number of nitrogens with zero attached hydrogens (tertiary/aromatic N) is 3. The number of benzene rings is 4. The molecule has 1 aliphatic heterocycles. The van der Waals surface area contributed by atoms with Crippen LogP contribution in [-0.2, 0) is 17.2 Å². The lowest BCUT2D eigenvalue weighted by atomic mass is 9.94. The number of ether oxygens (including phenoxy) is 3. The first-order valence-electron chi connectivity index (χ1n) is 15.3. The van der Waals surface area contributed by atoms with E-state index in [9.17, 15) is 4.79 Å². The van der Waals surface area contributed by atoms with Crippen molar-refractivity contribution in [3.63, 3.8) is 0 Å². The highest BCUT2D eigenvalue weighted by Crippen LogP contribution is 2.44. The predicted molar refractivity (Wildman–Crippen MR) is 198 cm³/mol. The number of para-hydroxylation sites is 2. The first kappa shape index (κ1) is 34.7. The molecule has 0 fully saturated rings. The lowest BCUT2D eigenvalue weighted by Gasteiger charge is -2.29. The van der Waals surface area contributed by atoms with Crippen molar-refractivity contribution in [2.45, 2.75) is 37.4 Å². The van der Waals surface area contributed by atoms with Gasteiger partial charge in [-0.1, -0.05) is 83.5 Å². The minimum absolute atomic E-state index is 0.229. The van der Waals surface area contributed by atoms with Gasteiger partial charge < -0.3 is 24.8 Å². The van der Waals surface area contributed by atoms with Crippen molar-refractivity contribution in [2.75, 3.05) is 24.4 Å². The number of thioether (sulfide) groups is 1. The SMILES string of the molecule is CCOc1ccccc1NC(=O)C1=C(C)Nc2nc(SCc3ccccc3Cl)nn2C1c1cc(Br)c(OCc2ccccc2Cl)c(OC)c1. The Balaban J connectivity index is 1.39. The number of carbonyl (C=O) groups excluding carboxylic acids is 1. The average Bonchev–Trinajstić information content (AvgIpc) is 3.50. The summed E-state index contributed by atoms with van der Waals surface area (Å²) in [5.41, 5.74) is 4.12. The van der Waals surface area contributed by atoms with Gasteiger partial charge in [0.2, 0.25) is 11.1 Å². The van der Waals surface area contributed by atoms with Gasteiger partial charge in [-0.3, -0.25) is 4.79 Å². The second kappa shape index (κ2) is 15.6. The van der Waals surface area contributed by atoms with Crippen LogP contribution in [0.25, 0.3) is 0 Å². The highest BCUT2D eigenvalue weighted by atomic mass is 79.9. The molecule has 1 amide bonds. The summed E-state index contributed by atoms with van der Waals surface area (Å²) in [6, 6.07) is 25.5. The van der Waals surface area contributed by atoms with Gasteiger partial charge in [-0.15, -0.1) is 5.10 Å². The Morgan fingerprint density at radius 1 is 0.980 bits per heavy atom. The number of hydrogen-bond acceptors (Lipinski definition) is 8. The molecule has 1 aromatic heterocycles. The van der Waals surface area contributed by atoms with Gasteiger partial charge in [-0.2, -0.15) is 4.98 Å². The van der Waals surface area contributed by atoms with Gasteiger partial charge in [0.25, 0.3) is 5.91 Å². The summed E-state index contributed by atoms with van der Waals surface area (Å²) in [5.74, 6) is 2.25. The van der Waals surface area contributed by atoms with Crippen LogP contribution < -0.4 is 24.8 Å². The van der Waals surface area contributed by atoms with Crippen molar-refractivity contribution in [2.24, 2.45) is 0 Å². The number of allylic oxidation sites excluding steroid dienone is 1. The minimum atomic E-state index is -0.694. The third-order valence-corrected chi connectivity index (χ3v) is 9.94. The van der Waals surface area contributed by atoms with Crippen LogP contribution >= 0.6 is 50.9 Å². The van der Waals surface area contributed by atoms with Crippen LogP contribution in [0, 0.1) is 0 Å². The van der Waals surface area contributed by atoms with Crippen LogP contribution in [0.5, 0.6) is 17.2 Å². The van der Waals surface area contributed by atoms with Gasteiger partial charge >= 0.3 is 0 Å². The monoisotopic (exact) mass is 779 g/mol. The van der Waals surface area contributed by atoms with Gasteiger partial charge in [0.15, 0.2) is 11.5 Å².